The van der Waals surface area contributed by atoms with Crippen molar-refractivity contribution in [2.45, 2.75) is 45.4 Å². The van der Waals surface area contributed by atoms with Crippen LogP contribution in [0.4, 0.5) is 0 Å². The number of carbonyl (C=O) groups excluding carboxylic acids is 2. The molecule has 184 valence electrons. The minimum absolute atomic E-state index is 0.0906. The van der Waals surface area contributed by atoms with Crippen LogP contribution >= 0.6 is 0 Å². The third-order valence-corrected chi connectivity index (χ3v) is 6.58. The summed E-state index contributed by atoms with van der Waals surface area (Å²) in [5.74, 6) is -0.865. The summed E-state index contributed by atoms with van der Waals surface area (Å²) in [5, 5.41) is 9.45. The van der Waals surface area contributed by atoms with E-state index < -0.39 is 5.97 Å². The van der Waals surface area contributed by atoms with E-state index in [-0.39, 0.29) is 24.3 Å². The van der Waals surface area contributed by atoms with Crippen LogP contribution in [0.5, 0.6) is 0 Å². The number of esters is 1. The van der Waals surface area contributed by atoms with E-state index in [1.165, 1.54) is 10.5 Å². The van der Waals surface area contributed by atoms with Gasteiger partial charge < -0.3 is 9.64 Å². The molecule has 0 spiro atoms. The molecule has 1 amide bonds. The third kappa shape index (κ3) is 5.31. The number of amides is 1. The number of pyridine rings is 1. The number of para-hydroxylation sites is 1. The first-order valence-electron chi connectivity index (χ1n) is 12.2. The van der Waals surface area contributed by atoms with E-state index in [1.54, 1.807) is 7.05 Å². The first-order chi connectivity index (χ1) is 17.2. The molecular weight excluding hydrogens is 450 g/mol. The Morgan fingerprint density at radius 3 is 2.53 bits per heavy atom. The first-order valence-corrected chi connectivity index (χ1v) is 12.2. The quantitative estimate of drug-likeness (QED) is 0.431. The van der Waals surface area contributed by atoms with Crippen LogP contribution in [0.1, 0.15) is 66.4 Å². The second-order valence-electron chi connectivity index (χ2n) is 10.2. The van der Waals surface area contributed by atoms with Crippen LogP contribution in [-0.2, 0) is 21.4 Å². The molecule has 0 saturated carbocycles. The Morgan fingerprint density at radius 1 is 1.11 bits per heavy atom. The summed E-state index contributed by atoms with van der Waals surface area (Å²) in [6.07, 6.45) is 3.82. The molecule has 0 atom stereocenters. The molecule has 3 aromatic rings. The molecule has 0 radical (unpaired) electrons. The minimum atomic E-state index is -0.525. The first kappa shape index (κ1) is 25.1. The van der Waals surface area contributed by atoms with E-state index in [9.17, 15) is 9.59 Å². The standard InChI is InChI=1S/C30H31N3O3/c1-30(2,3)22-13-10-20(11-14-22)18-21-12-15-24-27(23-8-5-6-9-25(23)32-28(21)24)29(35)36-19-26(34)33(4)17-7-16-31/h5-6,8-11,13-14,18H,7,12,15,17,19H2,1-4H3. The van der Waals surface area contributed by atoms with Gasteiger partial charge in [0.2, 0.25) is 0 Å². The zero-order valence-electron chi connectivity index (χ0n) is 21.3. The summed E-state index contributed by atoms with van der Waals surface area (Å²) in [4.78, 5) is 31.9. The van der Waals surface area contributed by atoms with Gasteiger partial charge in [-0.25, -0.2) is 9.78 Å². The van der Waals surface area contributed by atoms with Crippen LogP contribution in [0, 0.1) is 11.3 Å². The number of fused-ring (bicyclic) bond motifs is 2. The van der Waals surface area contributed by atoms with Gasteiger partial charge in [-0.1, -0.05) is 63.2 Å². The van der Waals surface area contributed by atoms with Crippen molar-refractivity contribution in [1.29, 1.82) is 5.26 Å². The number of nitriles is 1. The fourth-order valence-corrected chi connectivity index (χ4v) is 4.44. The van der Waals surface area contributed by atoms with E-state index in [2.05, 4.69) is 51.1 Å². The molecule has 0 bridgehead atoms. The van der Waals surface area contributed by atoms with Gasteiger partial charge in [0.1, 0.15) is 0 Å². The number of hydrogen-bond acceptors (Lipinski definition) is 5. The Kier molecular flexibility index (Phi) is 7.21. The van der Waals surface area contributed by atoms with Gasteiger partial charge in [-0.3, -0.25) is 4.79 Å². The van der Waals surface area contributed by atoms with E-state index in [4.69, 9.17) is 15.0 Å². The Bertz CT molecular complexity index is 1380. The molecule has 6 nitrogen and oxygen atoms in total. The molecule has 0 fully saturated rings. The summed E-state index contributed by atoms with van der Waals surface area (Å²) in [7, 11) is 1.60. The average Bonchev–Trinajstić information content (AvgIpc) is 3.25. The monoisotopic (exact) mass is 481 g/mol. The van der Waals surface area contributed by atoms with Gasteiger partial charge in [0.15, 0.2) is 6.61 Å². The molecule has 1 aliphatic carbocycles. The highest BCUT2D eigenvalue weighted by atomic mass is 16.5. The van der Waals surface area contributed by atoms with Crippen molar-refractivity contribution in [2.75, 3.05) is 20.2 Å². The number of allylic oxidation sites excluding steroid dienone is 1. The molecular formula is C30H31N3O3. The number of carbonyl (C=O) groups is 2. The number of ether oxygens (including phenoxy) is 1. The second-order valence-corrected chi connectivity index (χ2v) is 10.2. The van der Waals surface area contributed by atoms with Gasteiger partial charge in [-0.2, -0.15) is 5.26 Å². The Hall–Kier alpha value is -3.98. The smallest absolute Gasteiger partial charge is 0.339 e. The topological polar surface area (TPSA) is 83.3 Å². The highest BCUT2D eigenvalue weighted by Gasteiger charge is 2.28. The third-order valence-electron chi connectivity index (χ3n) is 6.58. The van der Waals surface area contributed by atoms with Crippen molar-refractivity contribution in [3.8, 4) is 6.07 Å². The lowest BCUT2D eigenvalue weighted by molar-refractivity contribution is -0.133. The van der Waals surface area contributed by atoms with Crippen molar-refractivity contribution < 1.29 is 14.3 Å². The average molecular weight is 482 g/mol. The Labute approximate surface area is 212 Å². The van der Waals surface area contributed by atoms with E-state index in [0.29, 0.717) is 18.5 Å². The predicted molar refractivity (Wildman–Crippen MR) is 141 cm³/mol. The molecule has 1 aliphatic rings. The molecule has 0 saturated heterocycles. The van der Waals surface area contributed by atoms with E-state index >= 15 is 0 Å². The maximum Gasteiger partial charge on any atom is 0.339 e. The van der Waals surface area contributed by atoms with Gasteiger partial charge >= 0.3 is 5.97 Å². The van der Waals surface area contributed by atoms with Crippen LogP contribution in [0.25, 0.3) is 22.6 Å². The van der Waals surface area contributed by atoms with Gasteiger partial charge in [0, 0.05) is 19.0 Å². The lowest BCUT2D eigenvalue weighted by Gasteiger charge is -2.18. The molecule has 6 heteroatoms. The van der Waals surface area contributed by atoms with E-state index in [1.807, 2.05) is 30.3 Å². The van der Waals surface area contributed by atoms with Crippen molar-refractivity contribution in [2.24, 2.45) is 0 Å². The minimum Gasteiger partial charge on any atom is -0.452 e. The maximum atomic E-state index is 13.3. The van der Waals surface area contributed by atoms with E-state index in [0.717, 1.165) is 39.7 Å². The molecule has 36 heavy (non-hydrogen) atoms. The van der Waals surface area contributed by atoms with Gasteiger partial charge in [0.25, 0.3) is 5.91 Å². The predicted octanol–water partition coefficient (Wildman–Crippen LogP) is 5.55. The highest BCUT2D eigenvalue weighted by molar-refractivity contribution is 6.07. The summed E-state index contributed by atoms with van der Waals surface area (Å²) >= 11 is 0. The summed E-state index contributed by atoms with van der Waals surface area (Å²) in [6.45, 7) is 6.52. The highest BCUT2D eigenvalue weighted by Crippen LogP contribution is 2.38. The SMILES string of the molecule is CN(CCC#N)C(=O)COC(=O)c1c2c(nc3ccccc13)C(=Cc1ccc(C(C)(C)C)cc1)CC2. The van der Waals surface area contributed by atoms with Gasteiger partial charge in [-0.05, 0) is 52.7 Å². The largest absolute Gasteiger partial charge is 0.452 e. The zero-order chi connectivity index (χ0) is 25.9. The molecule has 4 rings (SSSR count). The van der Waals surface area contributed by atoms with Crippen LogP contribution in [0.2, 0.25) is 0 Å². The number of hydrogen-bond donors (Lipinski definition) is 0. The number of aromatic nitrogens is 1. The molecule has 2 aromatic carbocycles. The summed E-state index contributed by atoms with van der Waals surface area (Å²) < 4.78 is 5.46. The lowest BCUT2D eigenvalue weighted by atomic mass is 9.86. The van der Waals surface area contributed by atoms with Crippen LogP contribution in [0.3, 0.4) is 0 Å². The molecule has 1 aromatic heterocycles. The van der Waals surface area contributed by atoms with Gasteiger partial charge in [-0.15, -0.1) is 0 Å². The second kappa shape index (κ2) is 10.3. The van der Waals surface area contributed by atoms with Crippen molar-refractivity contribution >= 4 is 34.4 Å². The molecule has 0 unspecified atom stereocenters. The fourth-order valence-electron chi connectivity index (χ4n) is 4.44. The zero-order valence-corrected chi connectivity index (χ0v) is 21.3. The summed E-state index contributed by atoms with van der Waals surface area (Å²) in [5.41, 5.74) is 6.42. The number of rotatable bonds is 6. The fraction of sp³-hybridized carbons (Fsp3) is 0.333. The number of likely N-dealkylation sites (N-methyl/N-ethyl adjacent to an activating group) is 1. The van der Waals surface area contributed by atoms with Crippen molar-refractivity contribution in [3.63, 3.8) is 0 Å². The van der Waals surface area contributed by atoms with Crippen LogP contribution in [-0.4, -0.2) is 42.0 Å². The number of benzene rings is 2. The summed E-state index contributed by atoms with van der Waals surface area (Å²) in [6, 6.07) is 18.1. The normalized spacial score (nSPS) is 13.9. The number of nitrogens with zero attached hydrogens (tertiary/aromatic N) is 3. The maximum absolute atomic E-state index is 13.3. The van der Waals surface area contributed by atoms with Gasteiger partial charge in [0.05, 0.1) is 29.3 Å². The molecule has 0 aliphatic heterocycles. The van der Waals surface area contributed by atoms with Crippen LogP contribution in [0.15, 0.2) is 48.5 Å². The lowest BCUT2D eigenvalue weighted by Crippen LogP contribution is -2.32. The Balaban J connectivity index is 1.65. The molecule has 1 heterocycles. The van der Waals surface area contributed by atoms with Crippen molar-refractivity contribution in [3.05, 3.63) is 76.5 Å². The Morgan fingerprint density at radius 2 is 1.83 bits per heavy atom. The van der Waals surface area contributed by atoms with Crippen LogP contribution < -0.4 is 0 Å². The molecule has 0 N–H and O–H groups in total. The van der Waals surface area contributed by atoms with Crippen molar-refractivity contribution in [1.82, 2.24) is 9.88 Å².